The van der Waals surface area contributed by atoms with Crippen molar-refractivity contribution in [1.82, 2.24) is 9.13 Å². The van der Waals surface area contributed by atoms with Crippen LogP contribution >= 0.6 is 0 Å². The van der Waals surface area contributed by atoms with E-state index in [4.69, 9.17) is 0 Å². The molecule has 2 nitrogen and oxygen atoms in total. The van der Waals surface area contributed by atoms with Crippen molar-refractivity contribution >= 4 is 43.6 Å². The summed E-state index contributed by atoms with van der Waals surface area (Å²) in [6.45, 7) is 2.20. The number of para-hydroxylation sites is 1. The first-order valence-electron chi connectivity index (χ1n) is 22.2. The molecule has 0 atom stereocenters. The van der Waals surface area contributed by atoms with E-state index in [-0.39, 0.29) is 0 Å². The number of hydrogen-bond acceptors (Lipinski definition) is 0. The van der Waals surface area contributed by atoms with Gasteiger partial charge in [-0.15, -0.1) is 0 Å². The number of benzene rings is 10. The maximum absolute atomic E-state index is 2.44. The van der Waals surface area contributed by atoms with Crippen LogP contribution in [0.25, 0.3) is 99.5 Å². The lowest BCUT2D eigenvalue weighted by Gasteiger charge is -2.13. The fourth-order valence-electron chi connectivity index (χ4n) is 9.95. The Kier molecular flexibility index (Phi) is 9.16. The summed E-state index contributed by atoms with van der Waals surface area (Å²) in [7, 11) is 0. The van der Waals surface area contributed by atoms with Gasteiger partial charge in [0.25, 0.3) is 0 Å². The molecule has 0 aliphatic carbocycles. The van der Waals surface area contributed by atoms with Gasteiger partial charge in [0, 0.05) is 32.9 Å². The summed E-state index contributed by atoms with van der Waals surface area (Å²) in [6.07, 6.45) is 0.865. The molecule has 0 amide bonds. The topological polar surface area (TPSA) is 9.86 Å². The Hall–Kier alpha value is -8.20. The molecule has 0 spiro atoms. The monoisotopic (exact) mass is 816 g/mol. The molecule has 0 bridgehead atoms. The van der Waals surface area contributed by atoms with E-state index in [1.54, 1.807) is 0 Å². The van der Waals surface area contributed by atoms with Crippen LogP contribution in [-0.4, -0.2) is 9.13 Å². The first-order valence-corrected chi connectivity index (χ1v) is 22.2. The fraction of sp³-hybridized carbons (Fsp3) is 0.0323. The molecule has 0 saturated carbocycles. The number of rotatable bonds is 8. The molecule has 64 heavy (non-hydrogen) atoms. The van der Waals surface area contributed by atoms with Crippen molar-refractivity contribution in [3.8, 4) is 55.9 Å². The minimum absolute atomic E-state index is 0.865. The molecule has 0 saturated heterocycles. The lowest BCUT2D eigenvalue weighted by Crippen LogP contribution is -1.96. The normalized spacial score (nSPS) is 11.6. The van der Waals surface area contributed by atoms with E-state index in [9.17, 15) is 0 Å². The number of nitrogens with zero attached hydrogens (tertiary/aromatic N) is 2. The summed E-state index contributed by atoms with van der Waals surface area (Å²) in [6, 6.07) is 86.8. The second-order valence-corrected chi connectivity index (χ2v) is 17.0. The molecule has 2 heteroatoms. The second-order valence-electron chi connectivity index (χ2n) is 17.0. The van der Waals surface area contributed by atoms with Crippen LogP contribution in [-0.2, 0) is 6.42 Å². The predicted molar refractivity (Wildman–Crippen MR) is 271 cm³/mol. The third kappa shape index (κ3) is 6.51. The van der Waals surface area contributed by atoms with E-state index in [1.165, 1.54) is 105 Å². The summed E-state index contributed by atoms with van der Waals surface area (Å²) in [5.74, 6) is 0. The summed E-state index contributed by atoms with van der Waals surface area (Å²) < 4.78 is 4.84. The van der Waals surface area contributed by atoms with E-state index < -0.39 is 0 Å². The standard InChI is InChI=1S/C62H44N2/c1-42-15-11-13-23-53(42)54-24-14-12-20-50(54)37-43-25-31-52(32-26-43)64-61-34-28-47(45-18-7-3-8-19-45)39-56(61)58-41-49(30-36-62(58)64)48-29-35-60-57(40-48)55-38-46(44-16-5-2-6-17-44)27-33-59(55)63(60)51-21-9-4-10-22-51/h2-36,38-41H,37H2,1H3. The van der Waals surface area contributed by atoms with Gasteiger partial charge in [-0.1, -0.05) is 164 Å². The van der Waals surface area contributed by atoms with Crippen LogP contribution in [0.2, 0.25) is 0 Å². The number of fused-ring (bicyclic) bond motifs is 6. The Balaban J connectivity index is 0.991. The molecule has 0 unspecified atom stereocenters. The Bertz CT molecular complexity index is 3670. The lowest BCUT2D eigenvalue weighted by atomic mass is 9.92. The van der Waals surface area contributed by atoms with Crippen molar-refractivity contribution in [2.75, 3.05) is 0 Å². The molecule has 2 heterocycles. The molecule has 0 aliphatic heterocycles. The molecule has 302 valence electrons. The van der Waals surface area contributed by atoms with Gasteiger partial charge in [-0.05, 0) is 147 Å². The largest absolute Gasteiger partial charge is 0.309 e. The second kappa shape index (κ2) is 15.6. The minimum Gasteiger partial charge on any atom is -0.309 e. The van der Waals surface area contributed by atoms with Crippen LogP contribution in [0, 0.1) is 6.92 Å². The minimum atomic E-state index is 0.865. The van der Waals surface area contributed by atoms with Crippen molar-refractivity contribution in [2.24, 2.45) is 0 Å². The third-order valence-corrected chi connectivity index (χ3v) is 13.1. The third-order valence-electron chi connectivity index (χ3n) is 13.1. The first-order chi connectivity index (χ1) is 31.6. The average Bonchev–Trinajstić information content (AvgIpc) is 3.87. The fourth-order valence-corrected chi connectivity index (χ4v) is 9.95. The van der Waals surface area contributed by atoms with Crippen molar-refractivity contribution in [2.45, 2.75) is 13.3 Å². The van der Waals surface area contributed by atoms with Gasteiger partial charge in [0.1, 0.15) is 0 Å². The van der Waals surface area contributed by atoms with Crippen molar-refractivity contribution in [3.05, 3.63) is 253 Å². The van der Waals surface area contributed by atoms with E-state index in [1.807, 2.05) is 0 Å². The molecule has 0 radical (unpaired) electrons. The van der Waals surface area contributed by atoms with Gasteiger partial charge >= 0.3 is 0 Å². The first kappa shape index (κ1) is 37.6. The molecule has 0 fully saturated rings. The zero-order valence-electron chi connectivity index (χ0n) is 35.6. The molecule has 0 N–H and O–H groups in total. The number of aryl methyl sites for hydroxylation is 1. The highest BCUT2D eigenvalue weighted by Gasteiger charge is 2.18. The highest BCUT2D eigenvalue weighted by Crippen LogP contribution is 2.41. The van der Waals surface area contributed by atoms with Crippen LogP contribution in [0.15, 0.2) is 237 Å². The summed E-state index contributed by atoms with van der Waals surface area (Å²) >= 11 is 0. The van der Waals surface area contributed by atoms with Crippen molar-refractivity contribution < 1.29 is 0 Å². The van der Waals surface area contributed by atoms with Gasteiger partial charge in [0.15, 0.2) is 0 Å². The van der Waals surface area contributed by atoms with Gasteiger partial charge in [-0.3, -0.25) is 0 Å². The smallest absolute Gasteiger partial charge is 0.0541 e. The van der Waals surface area contributed by atoms with Crippen molar-refractivity contribution in [1.29, 1.82) is 0 Å². The van der Waals surface area contributed by atoms with Gasteiger partial charge in [0.2, 0.25) is 0 Å². The number of aromatic nitrogens is 2. The highest BCUT2D eigenvalue weighted by molar-refractivity contribution is 6.14. The number of hydrogen-bond donors (Lipinski definition) is 0. The predicted octanol–water partition coefficient (Wildman–Crippen LogP) is 16.4. The Morgan fingerprint density at radius 2 is 0.672 bits per heavy atom. The summed E-state index contributed by atoms with van der Waals surface area (Å²) in [4.78, 5) is 0. The van der Waals surface area contributed by atoms with Crippen LogP contribution in [0.5, 0.6) is 0 Å². The molecule has 10 aromatic carbocycles. The van der Waals surface area contributed by atoms with Crippen LogP contribution < -0.4 is 0 Å². The van der Waals surface area contributed by atoms with E-state index in [0.29, 0.717) is 0 Å². The maximum Gasteiger partial charge on any atom is 0.0541 e. The van der Waals surface area contributed by atoms with E-state index >= 15 is 0 Å². The van der Waals surface area contributed by atoms with Gasteiger partial charge in [-0.2, -0.15) is 0 Å². The zero-order chi connectivity index (χ0) is 42.6. The maximum atomic E-state index is 2.44. The van der Waals surface area contributed by atoms with Gasteiger partial charge in [-0.25, -0.2) is 0 Å². The zero-order valence-corrected chi connectivity index (χ0v) is 35.6. The summed E-state index contributed by atoms with van der Waals surface area (Å²) in [5.41, 5.74) is 20.9. The van der Waals surface area contributed by atoms with E-state index in [2.05, 4.69) is 253 Å². The Labute approximate surface area is 373 Å². The molecular formula is C62H44N2. The van der Waals surface area contributed by atoms with E-state index in [0.717, 1.165) is 17.8 Å². The van der Waals surface area contributed by atoms with Crippen LogP contribution in [0.4, 0.5) is 0 Å². The molecule has 12 aromatic rings. The lowest BCUT2D eigenvalue weighted by molar-refractivity contribution is 1.15. The Morgan fingerprint density at radius 1 is 0.297 bits per heavy atom. The van der Waals surface area contributed by atoms with Gasteiger partial charge in [0.05, 0.1) is 22.1 Å². The average molecular weight is 817 g/mol. The van der Waals surface area contributed by atoms with Crippen molar-refractivity contribution in [3.63, 3.8) is 0 Å². The Morgan fingerprint density at radius 3 is 1.14 bits per heavy atom. The van der Waals surface area contributed by atoms with Crippen LogP contribution in [0.3, 0.4) is 0 Å². The summed E-state index contributed by atoms with van der Waals surface area (Å²) in [5, 5.41) is 4.96. The highest BCUT2D eigenvalue weighted by atomic mass is 15.0. The van der Waals surface area contributed by atoms with Gasteiger partial charge < -0.3 is 9.13 Å². The molecule has 12 rings (SSSR count). The molecule has 2 aromatic heterocycles. The quantitative estimate of drug-likeness (QED) is 0.145. The molecule has 0 aliphatic rings. The van der Waals surface area contributed by atoms with Crippen LogP contribution in [0.1, 0.15) is 16.7 Å². The SMILES string of the molecule is Cc1ccccc1-c1ccccc1Cc1ccc(-n2c3ccc(-c4ccccc4)cc3c3cc(-c4ccc5c(c4)c4cc(-c6ccccc6)ccc4n5-c4ccccc4)ccc32)cc1. The molecular weight excluding hydrogens is 773 g/mol.